The average Bonchev–Trinajstić information content (AvgIpc) is 3.46. The van der Waals surface area contributed by atoms with Crippen molar-refractivity contribution in [2.45, 2.75) is 38.0 Å². The van der Waals surface area contributed by atoms with Gasteiger partial charge in [-0.3, -0.25) is 9.36 Å². The van der Waals surface area contributed by atoms with Crippen LogP contribution < -0.4 is 10.3 Å². The van der Waals surface area contributed by atoms with Crippen LogP contribution in [0.15, 0.2) is 39.6 Å². The van der Waals surface area contributed by atoms with Gasteiger partial charge in [0.05, 0.1) is 5.39 Å². The molecule has 30 heavy (non-hydrogen) atoms. The van der Waals surface area contributed by atoms with Crippen molar-refractivity contribution in [3.05, 3.63) is 40.1 Å². The standard InChI is InChI=1S/C20H25N5O3S2/c1-3-10-24(4-2)30(27,28)16-14-25(20-21-9-13-29-20)19-15(18(16)26)7-8-17(22-19)23-11-5-6-12-23/h7-9,13-14H,3-6,10-12H2,1-2H3. The molecule has 1 fully saturated rings. The molecule has 0 atom stereocenters. The van der Waals surface area contributed by atoms with Gasteiger partial charge in [-0.1, -0.05) is 13.8 Å². The fourth-order valence-corrected chi connectivity index (χ4v) is 6.03. The van der Waals surface area contributed by atoms with E-state index in [0.29, 0.717) is 30.3 Å². The van der Waals surface area contributed by atoms with Crippen molar-refractivity contribution in [2.75, 3.05) is 31.1 Å². The zero-order chi connectivity index (χ0) is 21.3. The van der Waals surface area contributed by atoms with Crippen LogP contribution in [0, 0.1) is 0 Å². The molecule has 0 aromatic carbocycles. The van der Waals surface area contributed by atoms with Gasteiger partial charge >= 0.3 is 0 Å². The van der Waals surface area contributed by atoms with E-state index in [2.05, 4.69) is 9.88 Å². The van der Waals surface area contributed by atoms with Crippen LogP contribution in [0.4, 0.5) is 5.82 Å². The molecule has 0 amide bonds. The molecule has 4 heterocycles. The molecule has 3 aromatic rings. The highest BCUT2D eigenvalue weighted by Crippen LogP contribution is 2.25. The molecule has 1 aliphatic rings. The molecule has 1 aliphatic heterocycles. The molecule has 0 aliphatic carbocycles. The molecular weight excluding hydrogens is 422 g/mol. The second kappa shape index (κ2) is 8.44. The molecule has 0 unspecified atom stereocenters. The molecule has 0 spiro atoms. The van der Waals surface area contributed by atoms with Crippen molar-refractivity contribution < 1.29 is 8.42 Å². The Morgan fingerprint density at radius 2 is 1.97 bits per heavy atom. The highest BCUT2D eigenvalue weighted by molar-refractivity contribution is 7.89. The maximum atomic E-state index is 13.3. The lowest BCUT2D eigenvalue weighted by atomic mass is 10.2. The third kappa shape index (κ3) is 3.63. The third-order valence-corrected chi connectivity index (χ3v) is 8.04. The van der Waals surface area contributed by atoms with Crippen molar-refractivity contribution in [3.63, 3.8) is 0 Å². The van der Waals surface area contributed by atoms with E-state index in [-0.39, 0.29) is 10.3 Å². The van der Waals surface area contributed by atoms with Crippen LogP contribution in [-0.4, -0.2) is 53.4 Å². The second-order valence-electron chi connectivity index (χ2n) is 7.24. The van der Waals surface area contributed by atoms with E-state index < -0.39 is 15.5 Å². The van der Waals surface area contributed by atoms with Gasteiger partial charge in [-0.2, -0.15) is 4.31 Å². The number of sulfonamides is 1. The van der Waals surface area contributed by atoms with Crippen LogP contribution in [0.2, 0.25) is 0 Å². The Morgan fingerprint density at radius 1 is 1.20 bits per heavy atom. The van der Waals surface area contributed by atoms with Gasteiger partial charge in [0.1, 0.15) is 10.7 Å². The lowest BCUT2D eigenvalue weighted by Crippen LogP contribution is -2.35. The van der Waals surface area contributed by atoms with E-state index in [9.17, 15) is 13.2 Å². The summed E-state index contributed by atoms with van der Waals surface area (Å²) in [6.07, 6.45) is 5.93. The summed E-state index contributed by atoms with van der Waals surface area (Å²) in [7, 11) is -3.94. The van der Waals surface area contributed by atoms with E-state index in [1.54, 1.807) is 29.8 Å². The molecule has 1 saturated heterocycles. The number of aromatic nitrogens is 3. The van der Waals surface area contributed by atoms with Crippen LogP contribution in [0.5, 0.6) is 0 Å². The van der Waals surface area contributed by atoms with Crippen molar-refractivity contribution >= 4 is 38.2 Å². The van der Waals surface area contributed by atoms with E-state index in [4.69, 9.17) is 4.98 Å². The van der Waals surface area contributed by atoms with Crippen molar-refractivity contribution in [2.24, 2.45) is 0 Å². The van der Waals surface area contributed by atoms with Crippen LogP contribution >= 0.6 is 11.3 Å². The predicted octanol–water partition coefficient (Wildman–Crippen LogP) is 2.86. The second-order valence-corrected chi connectivity index (χ2v) is 10.0. The monoisotopic (exact) mass is 447 g/mol. The molecular formula is C20H25N5O3S2. The Balaban J connectivity index is 1.97. The summed E-state index contributed by atoms with van der Waals surface area (Å²) < 4.78 is 29.5. The largest absolute Gasteiger partial charge is 0.357 e. The number of anilines is 1. The molecule has 8 nitrogen and oxygen atoms in total. The van der Waals surface area contributed by atoms with Crippen LogP contribution in [0.25, 0.3) is 16.2 Å². The smallest absolute Gasteiger partial charge is 0.248 e. The van der Waals surface area contributed by atoms with Crippen molar-refractivity contribution in [1.82, 2.24) is 18.8 Å². The number of hydrogen-bond donors (Lipinski definition) is 0. The van der Waals surface area contributed by atoms with E-state index >= 15 is 0 Å². The summed E-state index contributed by atoms with van der Waals surface area (Å²) in [5.41, 5.74) is -0.0929. The summed E-state index contributed by atoms with van der Waals surface area (Å²) in [5, 5.41) is 2.66. The normalized spacial score (nSPS) is 14.8. The summed E-state index contributed by atoms with van der Waals surface area (Å²) in [6, 6.07) is 3.50. The predicted molar refractivity (Wildman–Crippen MR) is 119 cm³/mol. The van der Waals surface area contributed by atoms with Gasteiger partial charge < -0.3 is 4.90 Å². The summed E-state index contributed by atoms with van der Waals surface area (Å²) in [6.45, 7) is 6.20. The van der Waals surface area contributed by atoms with Crippen molar-refractivity contribution in [1.29, 1.82) is 0 Å². The van der Waals surface area contributed by atoms with Crippen molar-refractivity contribution in [3.8, 4) is 5.13 Å². The number of hydrogen-bond acceptors (Lipinski definition) is 7. The van der Waals surface area contributed by atoms with Gasteiger partial charge in [0.15, 0.2) is 10.8 Å². The Bertz CT molecular complexity index is 1200. The first-order valence-electron chi connectivity index (χ1n) is 10.2. The van der Waals surface area contributed by atoms with Gasteiger partial charge in [-0.15, -0.1) is 11.3 Å². The Kier molecular flexibility index (Phi) is 5.90. The lowest BCUT2D eigenvalue weighted by molar-refractivity contribution is 0.426. The molecule has 10 heteroatoms. The maximum Gasteiger partial charge on any atom is 0.248 e. The molecule has 160 valence electrons. The van der Waals surface area contributed by atoms with Gasteiger partial charge in [0, 0.05) is 44.0 Å². The van der Waals surface area contributed by atoms with E-state index in [1.807, 2.05) is 12.3 Å². The summed E-state index contributed by atoms with van der Waals surface area (Å²) in [4.78, 5) is 24.3. The fourth-order valence-electron chi connectivity index (χ4n) is 3.79. The zero-order valence-corrected chi connectivity index (χ0v) is 18.7. The number of thiazole rings is 1. The van der Waals surface area contributed by atoms with Gasteiger partial charge in [-0.25, -0.2) is 18.4 Å². The van der Waals surface area contributed by atoms with Gasteiger partial charge in [0.2, 0.25) is 15.5 Å². The van der Waals surface area contributed by atoms with Crippen LogP contribution in [0.1, 0.15) is 33.1 Å². The molecule has 0 saturated carbocycles. The lowest BCUT2D eigenvalue weighted by Gasteiger charge is -2.21. The van der Waals surface area contributed by atoms with Crippen LogP contribution in [-0.2, 0) is 10.0 Å². The summed E-state index contributed by atoms with van der Waals surface area (Å²) >= 11 is 1.37. The maximum absolute atomic E-state index is 13.3. The average molecular weight is 448 g/mol. The first-order valence-corrected chi connectivity index (χ1v) is 12.5. The molecule has 3 aromatic heterocycles. The first-order chi connectivity index (χ1) is 14.5. The molecule has 0 bridgehead atoms. The molecule has 0 N–H and O–H groups in total. The minimum absolute atomic E-state index is 0.240. The molecule has 4 rings (SSSR count). The zero-order valence-electron chi connectivity index (χ0n) is 17.1. The SMILES string of the molecule is CCCN(CC)S(=O)(=O)c1cn(-c2nccs2)c2nc(N3CCCC3)ccc2c1=O. The highest BCUT2D eigenvalue weighted by Gasteiger charge is 2.28. The Labute approximate surface area is 179 Å². The highest BCUT2D eigenvalue weighted by atomic mass is 32.2. The van der Waals surface area contributed by atoms with Gasteiger partial charge in [-0.05, 0) is 31.4 Å². The number of rotatable bonds is 7. The summed E-state index contributed by atoms with van der Waals surface area (Å²) in [5.74, 6) is 0.793. The quantitative estimate of drug-likeness (QED) is 0.553. The third-order valence-electron chi connectivity index (χ3n) is 5.30. The molecule has 0 radical (unpaired) electrons. The topological polar surface area (TPSA) is 88.4 Å². The first kappa shape index (κ1) is 21.0. The Hall–Kier alpha value is -2.30. The van der Waals surface area contributed by atoms with E-state index in [0.717, 1.165) is 31.7 Å². The number of fused-ring (bicyclic) bond motifs is 1. The fraction of sp³-hybridized carbons (Fsp3) is 0.450. The van der Waals surface area contributed by atoms with E-state index in [1.165, 1.54) is 21.8 Å². The minimum Gasteiger partial charge on any atom is -0.357 e. The minimum atomic E-state index is -3.94. The van der Waals surface area contributed by atoms with Gasteiger partial charge in [0.25, 0.3) is 0 Å². The Morgan fingerprint density at radius 3 is 2.60 bits per heavy atom. The number of pyridine rings is 2. The van der Waals surface area contributed by atoms with Crippen LogP contribution in [0.3, 0.4) is 0 Å². The number of nitrogens with zero attached hydrogens (tertiary/aromatic N) is 5.